The van der Waals surface area contributed by atoms with Crippen LogP contribution in [0.25, 0.3) is 0 Å². The molecule has 0 unspecified atom stereocenters. The normalized spacial score (nSPS) is 15.5. The van der Waals surface area contributed by atoms with E-state index in [-0.39, 0.29) is 22.9 Å². The van der Waals surface area contributed by atoms with Crippen LogP contribution in [-0.4, -0.2) is 44.6 Å². The minimum atomic E-state index is -4.13. The molecule has 0 N–H and O–H groups in total. The third kappa shape index (κ3) is 2.86. The van der Waals surface area contributed by atoms with Gasteiger partial charge in [-0.15, -0.1) is 0 Å². The first kappa shape index (κ1) is 18.4. The van der Waals surface area contributed by atoms with Crippen molar-refractivity contribution >= 4 is 26.1 Å². The molecule has 1 aliphatic heterocycles. The van der Waals surface area contributed by atoms with Gasteiger partial charge in [0.1, 0.15) is 0 Å². The molecule has 0 aliphatic carbocycles. The fourth-order valence-corrected chi connectivity index (χ4v) is 6.10. The van der Waals surface area contributed by atoms with Gasteiger partial charge in [0.25, 0.3) is 20.0 Å². The van der Waals surface area contributed by atoms with Crippen LogP contribution < -0.4 is 0 Å². The van der Waals surface area contributed by atoms with E-state index in [0.717, 1.165) is 0 Å². The van der Waals surface area contributed by atoms with Crippen molar-refractivity contribution in [2.45, 2.75) is 23.6 Å². The first-order valence-corrected chi connectivity index (χ1v) is 10.8. The lowest BCUT2D eigenvalue weighted by Crippen LogP contribution is -2.39. The largest absolute Gasteiger partial charge is 0.348 e. The van der Waals surface area contributed by atoms with E-state index in [1.54, 1.807) is 50.2 Å². The molecule has 1 aliphatic rings. The van der Waals surface area contributed by atoms with Crippen LogP contribution in [-0.2, 0) is 20.0 Å². The molecule has 2 amide bonds. The Labute approximate surface area is 153 Å². The lowest BCUT2D eigenvalue weighted by Gasteiger charge is -2.20. The summed E-state index contributed by atoms with van der Waals surface area (Å²) in [4.78, 5) is 12.6. The molecular formula is C17H18N2O5S2. The minimum absolute atomic E-state index is 0.0107. The number of hydrogen-bond donors (Lipinski definition) is 0. The zero-order valence-corrected chi connectivity index (χ0v) is 15.9. The number of hydrogen-bond acceptors (Lipinski definition) is 5. The molecule has 0 aromatic heterocycles. The second kappa shape index (κ2) is 6.40. The number of nitrogens with zero attached hydrogens (tertiary/aromatic N) is 2. The van der Waals surface area contributed by atoms with Gasteiger partial charge in [-0.2, -0.15) is 0 Å². The number of rotatable bonds is 4. The summed E-state index contributed by atoms with van der Waals surface area (Å²) >= 11 is 0. The SMILES string of the molecule is Cc1ccccc1S(=O)(=O)N1CCN(S(=O)(=O)c2ccccc2C)C1=O. The standard InChI is InChI=1S/C17H18N2O5S2/c1-13-7-3-5-9-15(13)25(21,22)18-11-12-19(17(18)20)26(23,24)16-10-6-4-8-14(16)2/h3-10H,11-12H2,1-2H3. The van der Waals surface area contributed by atoms with Crippen molar-refractivity contribution in [2.24, 2.45) is 0 Å². The minimum Gasteiger partial charge on any atom is -0.246 e. The zero-order valence-electron chi connectivity index (χ0n) is 14.3. The molecule has 1 fully saturated rings. The predicted octanol–water partition coefficient (Wildman–Crippen LogP) is 2.12. The van der Waals surface area contributed by atoms with E-state index in [1.165, 1.54) is 12.1 Å². The highest BCUT2D eigenvalue weighted by Gasteiger charge is 2.44. The summed E-state index contributed by atoms with van der Waals surface area (Å²) < 4.78 is 52.5. The maximum absolute atomic E-state index is 12.8. The van der Waals surface area contributed by atoms with Crippen molar-refractivity contribution in [3.8, 4) is 0 Å². The van der Waals surface area contributed by atoms with E-state index in [2.05, 4.69) is 0 Å². The van der Waals surface area contributed by atoms with Gasteiger partial charge in [0.15, 0.2) is 0 Å². The van der Waals surface area contributed by atoms with Crippen LogP contribution in [0.3, 0.4) is 0 Å². The number of urea groups is 1. The number of carbonyl (C=O) groups excluding carboxylic acids is 1. The zero-order chi connectivity index (χ0) is 19.1. The van der Waals surface area contributed by atoms with Crippen LogP contribution in [0.5, 0.6) is 0 Å². The lowest BCUT2D eigenvalue weighted by molar-refractivity contribution is 0.224. The Morgan fingerprint density at radius 2 is 1.04 bits per heavy atom. The number of sulfonamides is 2. The number of benzene rings is 2. The van der Waals surface area contributed by atoms with Crippen LogP contribution >= 0.6 is 0 Å². The highest BCUT2D eigenvalue weighted by atomic mass is 32.2. The molecule has 1 saturated heterocycles. The topological polar surface area (TPSA) is 91.8 Å². The fourth-order valence-electron chi connectivity index (χ4n) is 2.87. The molecule has 0 bridgehead atoms. The number of amides is 2. The molecule has 138 valence electrons. The molecule has 9 heteroatoms. The highest BCUT2D eigenvalue weighted by Crippen LogP contribution is 2.28. The van der Waals surface area contributed by atoms with Crippen molar-refractivity contribution in [1.82, 2.24) is 8.61 Å². The molecule has 26 heavy (non-hydrogen) atoms. The van der Waals surface area contributed by atoms with E-state index in [4.69, 9.17) is 0 Å². The quantitative estimate of drug-likeness (QED) is 0.792. The Bertz CT molecular complexity index is 992. The van der Waals surface area contributed by atoms with Crippen molar-refractivity contribution in [3.63, 3.8) is 0 Å². The van der Waals surface area contributed by atoms with Crippen LogP contribution in [0.1, 0.15) is 11.1 Å². The second-order valence-electron chi connectivity index (χ2n) is 5.97. The summed E-state index contributed by atoms with van der Waals surface area (Å²) in [5.41, 5.74) is 0.973. The number of aryl methyl sites for hydroxylation is 2. The summed E-state index contributed by atoms with van der Waals surface area (Å²) in [6, 6.07) is 11.5. The summed E-state index contributed by atoms with van der Waals surface area (Å²) in [6.07, 6.45) is 0. The van der Waals surface area contributed by atoms with Crippen molar-refractivity contribution in [1.29, 1.82) is 0 Å². The van der Waals surface area contributed by atoms with Crippen LogP contribution in [0.4, 0.5) is 4.79 Å². The Morgan fingerprint density at radius 3 is 1.38 bits per heavy atom. The molecule has 0 spiro atoms. The molecule has 0 radical (unpaired) electrons. The monoisotopic (exact) mass is 394 g/mol. The van der Waals surface area contributed by atoms with Gasteiger partial charge >= 0.3 is 6.03 Å². The van der Waals surface area contributed by atoms with E-state index < -0.39 is 26.1 Å². The first-order valence-electron chi connectivity index (χ1n) is 7.88. The maximum Gasteiger partial charge on any atom is 0.348 e. The van der Waals surface area contributed by atoms with Crippen molar-refractivity contribution in [2.75, 3.05) is 13.1 Å². The Balaban J connectivity index is 1.99. The van der Waals surface area contributed by atoms with Gasteiger partial charge < -0.3 is 0 Å². The Morgan fingerprint density at radius 1 is 0.692 bits per heavy atom. The fraction of sp³-hybridized carbons (Fsp3) is 0.235. The molecular weight excluding hydrogens is 376 g/mol. The first-order chi connectivity index (χ1) is 12.2. The summed E-state index contributed by atoms with van der Waals surface area (Å²) in [5, 5.41) is 0. The molecule has 0 atom stereocenters. The maximum atomic E-state index is 12.8. The van der Waals surface area contributed by atoms with E-state index >= 15 is 0 Å². The summed E-state index contributed by atoms with van der Waals surface area (Å²) in [6.45, 7) is 2.80. The third-order valence-electron chi connectivity index (χ3n) is 4.26. The predicted molar refractivity (Wildman–Crippen MR) is 95.5 cm³/mol. The number of carbonyl (C=O) groups is 1. The van der Waals surface area contributed by atoms with Crippen molar-refractivity contribution in [3.05, 3.63) is 59.7 Å². The van der Waals surface area contributed by atoms with Crippen molar-refractivity contribution < 1.29 is 21.6 Å². The molecule has 2 aromatic rings. The van der Waals surface area contributed by atoms with Gasteiger partial charge in [-0.05, 0) is 37.1 Å². The van der Waals surface area contributed by atoms with Gasteiger partial charge in [-0.1, -0.05) is 36.4 Å². The van der Waals surface area contributed by atoms with Crippen LogP contribution in [0.15, 0.2) is 58.3 Å². The van der Waals surface area contributed by atoms with Crippen LogP contribution in [0, 0.1) is 13.8 Å². The third-order valence-corrected chi connectivity index (χ3v) is 8.12. The van der Waals surface area contributed by atoms with Gasteiger partial charge in [-0.3, -0.25) is 0 Å². The summed E-state index contributed by atoms with van der Waals surface area (Å²) in [5.74, 6) is 0. The lowest BCUT2D eigenvalue weighted by atomic mass is 10.2. The average molecular weight is 394 g/mol. The second-order valence-corrected chi connectivity index (χ2v) is 9.63. The van der Waals surface area contributed by atoms with Gasteiger partial charge in [-0.25, -0.2) is 30.2 Å². The highest BCUT2D eigenvalue weighted by molar-refractivity contribution is 7.91. The average Bonchev–Trinajstić information content (AvgIpc) is 2.98. The van der Waals surface area contributed by atoms with E-state index in [9.17, 15) is 21.6 Å². The molecule has 1 heterocycles. The van der Waals surface area contributed by atoms with Crippen LogP contribution in [0.2, 0.25) is 0 Å². The van der Waals surface area contributed by atoms with Gasteiger partial charge in [0.05, 0.1) is 22.9 Å². The van der Waals surface area contributed by atoms with E-state index in [1.807, 2.05) is 0 Å². The summed E-state index contributed by atoms with van der Waals surface area (Å²) in [7, 11) is -8.25. The molecule has 2 aromatic carbocycles. The molecule has 0 saturated carbocycles. The Kier molecular flexibility index (Phi) is 4.53. The smallest absolute Gasteiger partial charge is 0.246 e. The van der Waals surface area contributed by atoms with E-state index in [0.29, 0.717) is 19.7 Å². The molecule has 3 rings (SSSR count). The van der Waals surface area contributed by atoms with Gasteiger partial charge in [0, 0.05) is 0 Å². The van der Waals surface area contributed by atoms with Gasteiger partial charge in [0.2, 0.25) is 0 Å². The molecule has 7 nitrogen and oxygen atoms in total. The Hall–Kier alpha value is -2.39.